The molecule has 2 aromatic rings. The van der Waals surface area contributed by atoms with Crippen molar-refractivity contribution < 1.29 is 8.60 Å². The molecule has 4 heteroatoms. The van der Waals surface area contributed by atoms with Crippen molar-refractivity contribution in [2.24, 2.45) is 0 Å². The molecule has 0 saturated heterocycles. The molecule has 2 N–H and O–H groups in total. The minimum Gasteiger partial charge on any atom is -0.398 e. The van der Waals surface area contributed by atoms with Gasteiger partial charge in [-0.05, 0) is 54.8 Å². The van der Waals surface area contributed by atoms with Crippen molar-refractivity contribution in [3.63, 3.8) is 0 Å². The van der Waals surface area contributed by atoms with Crippen LogP contribution in [0.4, 0.5) is 10.1 Å². The van der Waals surface area contributed by atoms with Crippen molar-refractivity contribution in [3.05, 3.63) is 58.9 Å². The van der Waals surface area contributed by atoms with Gasteiger partial charge in [0.15, 0.2) is 0 Å². The SMILES string of the molecule is Cc1cc(F)ccc1CS(=O)c1cccc(N)c1C. The second kappa shape index (κ2) is 5.53. The third-order valence-corrected chi connectivity index (χ3v) is 4.67. The molecule has 0 fully saturated rings. The van der Waals surface area contributed by atoms with E-state index in [2.05, 4.69) is 0 Å². The van der Waals surface area contributed by atoms with Gasteiger partial charge < -0.3 is 5.73 Å². The molecule has 0 saturated carbocycles. The molecule has 0 amide bonds. The molecular formula is C15H16FNOS. The summed E-state index contributed by atoms with van der Waals surface area (Å²) >= 11 is 0. The predicted octanol–water partition coefficient (Wildman–Crippen LogP) is 3.33. The highest BCUT2D eigenvalue weighted by Gasteiger charge is 2.11. The van der Waals surface area contributed by atoms with Gasteiger partial charge in [-0.2, -0.15) is 0 Å². The zero-order valence-corrected chi connectivity index (χ0v) is 11.8. The number of hydrogen-bond donors (Lipinski definition) is 1. The van der Waals surface area contributed by atoms with Crippen LogP contribution in [0.1, 0.15) is 16.7 Å². The molecule has 2 nitrogen and oxygen atoms in total. The Morgan fingerprint density at radius 3 is 2.63 bits per heavy atom. The fourth-order valence-electron chi connectivity index (χ4n) is 1.92. The number of aryl methyl sites for hydroxylation is 1. The maximum absolute atomic E-state index is 13.0. The number of rotatable bonds is 3. The minimum absolute atomic E-state index is 0.271. The fraction of sp³-hybridized carbons (Fsp3) is 0.200. The van der Waals surface area contributed by atoms with E-state index >= 15 is 0 Å². The average Bonchev–Trinajstić information content (AvgIpc) is 2.36. The summed E-state index contributed by atoms with van der Waals surface area (Å²) in [5, 5.41) is 0. The van der Waals surface area contributed by atoms with Crippen molar-refractivity contribution >= 4 is 16.5 Å². The Hall–Kier alpha value is -1.68. The second-order valence-corrected chi connectivity index (χ2v) is 5.95. The zero-order chi connectivity index (χ0) is 14.0. The van der Waals surface area contributed by atoms with Gasteiger partial charge in [-0.25, -0.2) is 4.39 Å². The van der Waals surface area contributed by atoms with E-state index in [4.69, 9.17) is 5.73 Å². The molecule has 0 aliphatic heterocycles. The van der Waals surface area contributed by atoms with Gasteiger partial charge in [-0.15, -0.1) is 0 Å². The van der Waals surface area contributed by atoms with E-state index in [1.165, 1.54) is 12.1 Å². The molecule has 0 radical (unpaired) electrons. The summed E-state index contributed by atoms with van der Waals surface area (Å²) in [5.41, 5.74) is 9.01. The van der Waals surface area contributed by atoms with Crippen LogP contribution in [0.15, 0.2) is 41.3 Å². The van der Waals surface area contributed by atoms with Crippen LogP contribution in [0.3, 0.4) is 0 Å². The number of halogens is 1. The van der Waals surface area contributed by atoms with Gasteiger partial charge in [0.1, 0.15) is 5.82 Å². The average molecular weight is 277 g/mol. The first-order valence-electron chi connectivity index (χ1n) is 5.97. The van der Waals surface area contributed by atoms with Crippen LogP contribution in [0, 0.1) is 19.7 Å². The summed E-state index contributed by atoms with van der Waals surface area (Å²) in [6.45, 7) is 3.68. The molecule has 0 spiro atoms. The number of benzene rings is 2. The van der Waals surface area contributed by atoms with Gasteiger partial charge in [-0.1, -0.05) is 12.1 Å². The molecule has 0 aliphatic carbocycles. The molecule has 19 heavy (non-hydrogen) atoms. The van der Waals surface area contributed by atoms with Gasteiger partial charge in [0, 0.05) is 10.6 Å². The lowest BCUT2D eigenvalue weighted by molar-refractivity contribution is 0.626. The molecule has 100 valence electrons. The smallest absolute Gasteiger partial charge is 0.123 e. The van der Waals surface area contributed by atoms with Gasteiger partial charge in [-0.3, -0.25) is 4.21 Å². The van der Waals surface area contributed by atoms with Crippen LogP contribution in [-0.2, 0) is 16.6 Å². The summed E-state index contributed by atoms with van der Waals surface area (Å²) in [7, 11) is -1.18. The van der Waals surface area contributed by atoms with E-state index in [9.17, 15) is 8.60 Å². The summed E-state index contributed by atoms with van der Waals surface area (Å²) < 4.78 is 25.4. The molecule has 0 aromatic heterocycles. The molecule has 2 rings (SSSR count). The summed E-state index contributed by atoms with van der Waals surface area (Å²) in [5.74, 6) is 0.100. The topological polar surface area (TPSA) is 43.1 Å². The van der Waals surface area contributed by atoms with Crippen LogP contribution in [0.5, 0.6) is 0 Å². The van der Waals surface area contributed by atoms with E-state index in [-0.39, 0.29) is 5.82 Å². The zero-order valence-electron chi connectivity index (χ0n) is 10.9. The lowest BCUT2D eigenvalue weighted by Crippen LogP contribution is -2.02. The third-order valence-electron chi connectivity index (χ3n) is 3.16. The van der Waals surface area contributed by atoms with E-state index < -0.39 is 10.8 Å². The highest BCUT2D eigenvalue weighted by molar-refractivity contribution is 7.84. The van der Waals surface area contributed by atoms with E-state index in [1.807, 2.05) is 19.9 Å². The highest BCUT2D eigenvalue weighted by Crippen LogP contribution is 2.22. The lowest BCUT2D eigenvalue weighted by Gasteiger charge is -2.10. The summed E-state index contributed by atoms with van der Waals surface area (Å²) in [6, 6.07) is 9.95. The standard InChI is InChI=1S/C15H16FNOS/c1-10-8-13(16)7-6-12(10)9-19(18)15-5-3-4-14(17)11(15)2/h3-8H,9,17H2,1-2H3. The lowest BCUT2D eigenvalue weighted by atomic mass is 10.1. The molecule has 1 atom stereocenters. The first-order chi connectivity index (χ1) is 8.99. The number of anilines is 1. The van der Waals surface area contributed by atoms with E-state index in [0.717, 1.165) is 21.6 Å². The minimum atomic E-state index is -1.18. The van der Waals surface area contributed by atoms with Gasteiger partial charge in [0.2, 0.25) is 0 Å². The predicted molar refractivity (Wildman–Crippen MR) is 76.8 cm³/mol. The normalized spacial score (nSPS) is 12.4. The molecular weight excluding hydrogens is 261 g/mol. The van der Waals surface area contributed by atoms with Crippen molar-refractivity contribution in [3.8, 4) is 0 Å². The fourth-order valence-corrected chi connectivity index (χ4v) is 3.37. The van der Waals surface area contributed by atoms with Crippen LogP contribution in [0.25, 0.3) is 0 Å². The maximum atomic E-state index is 13.0. The maximum Gasteiger partial charge on any atom is 0.123 e. The van der Waals surface area contributed by atoms with Crippen molar-refractivity contribution in [2.45, 2.75) is 24.5 Å². The molecule has 2 aromatic carbocycles. The molecule has 0 heterocycles. The third kappa shape index (κ3) is 3.01. The van der Waals surface area contributed by atoms with Crippen LogP contribution < -0.4 is 5.73 Å². The molecule has 1 unspecified atom stereocenters. The Balaban J connectivity index is 2.28. The van der Waals surface area contributed by atoms with Crippen LogP contribution >= 0.6 is 0 Å². The van der Waals surface area contributed by atoms with Gasteiger partial charge >= 0.3 is 0 Å². The number of nitrogen functional groups attached to an aromatic ring is 1. The van der Waals surface area contributed by atoms with Crippen molar-refractivity contribution in [1.82, 2.24) is 0 Å². The number of hydrogen-bond acceptors (Lipinski definition) is 2. The Labute approximate surface area is 114 Å². The summed E-state index contributed by atoms with van der Waals surface area (Å²) in [4.78, 5) is 0.740. The van der Waals surface area contributed by atoms with E-state index in [0.29, 0.717) is 11.4 Å². The first kappa shape index (κ1) is 13.7. The van der Waals surface area contributed by atoms with Gasteiger partial charge in [0.25, 0.3) is 0 Å². The highest BCUT2D eigenvalue weighted by atomic mass is 32.2. The Kier molecular flexibility index (Phi) is 4.00. The van der Waals surface area contributed by atoms with Gasteiger partial charge in [0.05, 0.1) is 16.6 Å². The monoisotopic (exact) mass is 277 g/mol. The quantitative estimate of drug-likeness (QED) is 0.874. The summed E-state index contributed by atoms with van der Waals surface area (Å²) in [6.07, 6.45) is 0. The molecule has 0 bridgehead atoms. The van der Waals surface area contributed by atoms with Crippen molar-refractivity contribution in [1.29, 1.82) is 0 Å². The number of nitrogens with two attached hydrogens (primary N) is 1. The van der Waals surface area contributed by atoms with Crippen LogP contribution in [0.2, 0.25) is 0 Å². The second-order valence-electron chi connectivity index (χ2n) is 4.53. The first-order valence-corrected chi connectivity index (χ1v) is 7.29. The van der Waals surface area contributed by atoms with Crippen molar-refractivity contribution in [2.75, 3.05) is 5.73 Å². The Morgan fingerprint density at radius 2 is 1.95 bits per heavy atom. The van der Waals surface area contributed by atoms with Crippen LogP contribution in [-0.4, -0.2) is 4.21 Å². The Morgan fingerprint density at radius 1 is 1.21 bits per heavy atom. The largest absolute Gasteiger partial charge is 0.398 e. The Bertz CT molecular complexity index is 640. The molecule has 0 aliphatic rings. The van der Waals surface area contributed by atoms with E-state index in [1.54, 1.807) is 18.2 Å².